The van der Waals surface area contributed by atoms with Crippen LogP contribution in [0.3, 0.4) is 0 Å². The fourth-order valence-electron chi connectivity index (χ4n) is 8.47. The molecule has 2 saturated heterocycles. The van der Waals surface area contributed by atoms with Gasteiger partial charge in [-0.05, 0) is 144 Å². The van der Waals surface area contributed by atoms with Gasteiger partial charge in [0.05, 0.1) is 5.54 Å². The molecule has 0 spiro atoms. The fourth-order valence-corrected chi connectivity index (χ4v) is 8.47. The van der Waals surface area contributed by atoms with Crippen molar-refractivity contribution < 1.29 is 24.3 Å². The van der Waals surface area contributed by atoms with Crippen molar-refractivity contribution in [1.82, 2.24) is 25.8 Å². The summed E-state index contributed by atoms with van der Waals surface area (Å²) in [5, 5.41) is 18.0. The number of likely N-dealkylation sites (tertiary alicyclic amines) is 2. The normalized spacial score (nSPS) is 14.8. The van der Waals surface area contributed by atoms with Gasteiger partial charge in [-0.15, -0.1) is 0 Å². The first-order chi connectivity index (χ1) is 33.2. The Kier molecular flexibility index (Phi) is 29.7. The summed E-state index contributed by atoms with van der Waals surface area (Å²) >= 11 is 0. The minimum absolute atomic E-state index is 0. The molecule has 13 nitrogen and oxygen atoms in total. The number of benzene rings is 2. The fraction of sp³-hybridized carbons (Fsp3) is 0.661. The molecule has 13 heteroatoms. The molecule has 2 aromatic carbocycles. The summed E-state index contributed by atoms with van der Waals surface area (Å²) in [6.07, 6.45) is 14.2. The molecule has 4 rings (SSSR count). The standard InChI is InChI=1S/C29H48N4O2.C16H26N2.C13H24N2O3.CH4/c1-22(2)16-19-33(25-14-12-24(5)13-15-25)21-29(6,7)31-27(34)26(20-23(3)4)30-28(35)32-17-10-8-9-11-18-32;1-13(2)10-11-18(12-16(4,5)17)15-8-6-14(3)7-9-15;1-10(2)9-11(12(16)17)14-13(18)15-7-5-3-4-6-8-15;/h12-16,23,26H,8-11,17-21H2,1-7H3,(H,30,35)(H,31,34);6-10H,11-12,17H2,1-5H3;10-11H,3-9H2,1-2H3,(H,14,18)(H,16,17);1H4/t26-;;11-;/m0.0./s1. The van der Waals surface area contributed by atoms with E-state index in [-0.39, 0.29) is 36.9 Å². The van der Waals surface area contributed by atoms with E-state index in [0.29, 0.717) is 25.3 Å². The summed E-state index contributed by atoms with van der Waals surface area (Å²) in [4.78, 5) is 57.7. The first-order valence-corrected chi connectivity index (χ1v) is 26.6. The largest absolute Gasteiger partial charge is 0.480 e. The second-order valence-electron chi connectivity index (χ2n) is 22.8. The van der Waals surface area contributed by atoms with Gasteiger partial charge in [0, 0.05) is 69.3 Å². The number of nitrogens with one attached hydrogen (secondary N) is 3. The summed E-state index contributed by atoms with van der Waals surface area (Å²) in [7, 11) is 0. The van der Waals surface area contributed by atoms with E-state index in [1.807, 2.05) is 18.7 Å². The highest BCUT2D eigenvalue weighted by atomic mass is 16.4. The summed E-state index contributed by atoms with van der Waals surface area (Å²) in [5.74, 6) is -0.527. The van der Waals surface area contributed by atoms with Gasteiger partial charge in [-0.1, -0.05) is 119 Å². The molecule has 2 fully saturated rings. The molecule has 0 unspecified atom stereocenters. The zero-order chi connectivity index (χ0) is 53.3. The third kappa shape index (κ3) is 27.7. The zero-order valence-corrected chi connectivity index (χ0v) is 46.8. The summed E-state index contributed by atoms with van der Waals surface area (Å²) in [5.41, 5.74) is 12.9. The quantitative estimate of drug-likeness (QED) is 0.0869. The molecule has 5 amide bonds. The number of amides is 5. The third-order valence-corrected chi connectivity index (χ3v) is 12.3. The second kappa shape index (κ2) is 32.9. The van der Waals surface area contributed by atoms with Crippen LogP contribution in [0.1, 0.15) is 166 Å². The van der Waals surface area contributed by atoms with Crippen LogP contribution in [0.25, 0.3) is 0 Å². The molecule has 2 heterocycles. The lowest BCUT2D eigenvalue weighted by atomic mass is 9.99. The van der Waals surface area contributed by atoms with Crippen LogP contribution in [-0.4, -0.2) is 114 Å². The molecule has 2 aliphatic heterocycles. The number of hydrogen-bond donors (Lipinski definition) is 5. The number of allylic oxidation sites excluding steroid dienone is 2. The minimum Gasteiger partial charge on any atom is -0.480 e. The van der Waals surface area contributed by atoms with Gasteiger partial charge in [-0.25, -0.2) is 14.4 Å². The van der Waals surface area contributed by atoms with Crippen LogP contribution in [0.2, 0.25) is 0 Å². The van der Waals surface area contributed by atoms with Gasteiger partial charge in [0.15, 0.2) is 0 Å². The molecule has 0 bridgehead atoms. The minimum atomic E-state index is -0.952. The van der Waals surface area contributed by atoms with Crippen molar-refractivity contribution >= 4 is 35.3 Å². The number of carboxylic acids is 1. The number of urea groups is 2. The summed E-state index contributed by atoms with van der Waals surface area (Å²) < 4.78 is 0. The molecule has 0 radical (unpaired) electrons. The molecule has 72 heavy (non-hydrogen) atoms. The maximum Gasteiger partial charge on any atom is 0.326 e. The van der Waals surface area contributed by atoms with Gasteiger partial charge >= 0.3 is 18.0 Å². The van der Waals surface area contributed by atoms with Crippen LogP contribution in [0.15, 0.2) is 71.8 Å². The molecule has 2 aliphatic rings. The van der Waals surface area contributed by atoms with Crippen molar-refractivity contribution in [2.75, 3.05) is 62.2 Å². The number of rotatable bonds is 19. The maximum atomic E-state index is 13.4. The van der Waals surface area contributed by atoms with E-state index in [2.05, 4.69) is 170 Å². The highest BCUT2D eigenvalue weighted by Crippen LogP contribution is 2.21. The lowest BCUT2D eigenvalue weighted by Crippen LogP contribution is -2.58. The van der Waals surface area contributed by atoms with Gasteiger partial charge in [0.1, 0.15) is 12.1 Å². The number of anilines is 2. The van der Waals surface area contributed by atoms with Crippen LogP contribution in [-0.2, 0) is 9.59 Å². The second-order valence-corrected chi connectivity index (χ2v) is 22.8. The smallest absolute Gasteiger partial charge is 0.326 e. The predicted molar refractivity (Wildman–Crippen MR) is 304 cm³/mol. The van der Waals surface area contributed by atoms with Crippen molar-refractivity contribution in [3.63, 3.8) is 0 Å². The first-order valence-electron chi connectivity index (χ1n) is 26.6. The van der Waals surface area contributed by atoms with Crippen molar-refractivity contribution in [3.8, 4) is 0 Å². The van der Waals surface area contributed by atoms with E-state index in [1.165, 1.54) is 28.0 Å². The number of aryl methyl sites for hydroxylation is 2. The SMILES string of the molecule is C.CC(C)=CCN(CC(C)(C)N)c1ccc(C)cc1.CC(C)=CCN(CC(C)(C)NC(=O)[C@H](CC(C)C)NC(=O)N1CCCCCC1)c1ccc(C)cc1.CC(C)C[C@H](NC(=O)N1CCCCCC1)C(=O)O. The average molecular weight is 1000 g/mol. The van der Waals surface area contributed by atoms with E-state index in [0.717, 1.165) is 103 Å². The molecular formula is C59H102N8O5. The van der Waals surface area contributed by atoms with Crippen LogP contribution >= 0.6 is 0 Å². The Morgan fingerprint density at radius 3 is 1.29 bits per heavy atom. The molecule has 0 aliphatic carbocycles. The van der Waals surface area contributed by atoms with Crippen molar-refractivity contribution in [3.05, 3.63) is 83.0 Å². The highest BCUT2D eigenvalue weighted by molar-refractivity contribution is 5.87. The topological polar surface area (TPSA) is 164 Å². The number of carbonyl (C=O) groups is 4. The number of nitrogens with two attached hydrogens (primary N) is 1. The Morgan fingerprint density at radius 1 is 0.611 bits per heavy atom. The number of hydrogen-bond acceptors (Lipinski definition) is 7. The molecule has 2 atom stereocenters. The molecule has 0 saturated carbocycles. The Morgan fingerprint density at radius 2 is 0.958 bits per heavy atom. The Bertz CT molecular complexity index is 1930. The maximum absolute atomic E-state index is 13.4. The summed E-state index contributed by atoms with van der Waals surface area (Å²) in [6, 6.07) is 15.5. The van der Waals surface area contributed by atoms with E-state index in [4.69, 9.17) is 10.8 Å². The van der Waals surface area contributed by atoms with E-state index >= 15 is 0 Å². The lowest BCUT2D eigenvalue weighted by Gasteiger charge is -2.36. The predicted octanol–water partition coefficient (Wildman–Crippen LogP) is 11.9. The number of aliphatic carboxylic acids is 1. The van der Waals surface area contributed by atoms with E-state index < -0.39 is 23.6 Å². The molecule has 2 aromatic rings. The number of carboxylic acid groups (broad SMARTS) is 1. The van der Waals surface area contributed by atoms with Crippen LogP contribution in [0.5, 0.6) is 0 Å². The number of carbonyl (C=O) groups excluding carboxylic acids is 3. The summed E-state index contributed by atoms with van der Waals surface area (Å²) in [6.45, 7) is 35.1. The monoisotopic (exact) mass is 1000 g/mol. The lowest BCUT2D eigenvalue weighted by molar-refractivity contribution is -0.139. The van der Waals surface area contributed by atoms with Crippen LogP contribution in [0, 0.1) is 25.7 Å². The van der Waals surface area contributed by atoms with Crippen molar-refractivity contribution in [1.29, 1.82) is 0 Å². The van der Waals surface area contributed by atoms with Gasteiger partial charge in [-0.3, -0.25) is 4.79 Å². The first kappa shape index (κ1) is 65.0. The highest BCUT2D eigenvalue weighted by Gasteiger charge is 2.31. The Hall–Kier alpha value is -5.04. The third-order valence-electron chi connectivity index (χ3n) is 12.3. The number of nitrogens with zero attached hydrogens (tertiary/aromatic N) is 4. The molecular weight excluding hydrogens is 901 g/mol. The van der Waals surface area contributed by atoms with Gasteiger partial charge in [0.25, 0.3) is 0 Å². The van der Waals surface area contributed by atoms with Crippen LogP contribution < -0.4 is 31.5 Å². The van der Waals surface area contributed by atoms with Gasteiger partial charge in [-0.2, -0.15) is 0 Å². The zero-order valence-electron chi connectivity index (χ0n) is 46.8. The van der Waals surface area contributed by atoms with Crippen LogP contribution in [0.4, 0.5) is 21.0 Å². The Balaban J connectivity index is 0.000000590. The average Bonchev–Trinajstić information content (AvgIpc) is 3.73. The van der Waals surface area contributed by atoms with Crippen molar-refractivity contribution in [2.24, 2.45) is 17.6 Å². The molecule has 6 N–H and O–H groups in total. The van der Waals surface area contributed by atoms with Crippen molar-refractivity contribution in [2.45, 2.75) is 192 Å². The van der Waals surface area contributed by atoms with E-state index in [9.17, 15) is 19.2 Å². The molecule has 408 valence electrons. The van der Waals surface area contributed by atoms with E-state index in [1.54, 1.807) is 4.90 Å². The Labute approximate surface area is 438 Å². The van der Waals surface area contributed by atoms with Gasteiger partial charge < -0.3 is 46.4 Å². The molecule has 0 aromatic heterocycles. The van der Waals surface area contributed by atoms with Gasteiger partial charge in [0.2, 0.25) is 5.91 Å².